The maximum atomic E-state index is 13.2. The van der Waals surface area contributed by atoms with Crippen LogP contribution in [0.2, 0.25) is 0 Å². The average Bonchev–Trinajstić information content (AvgIpc) is 3.13. The zero-order valence-electron chi connectivity index (χ0n) is 17.9. The molecule has 32 heavy (non-hydrogen) atoms. The van der Waals surface area contributed by atoms with Crippen LogP contribution < -0.4 is 16.3 Å². The van der Waals surface area contributed by atoms with Crippen LogP contribution in [0, 0.1) is 12.8 Å². The summed E-state index contributed by atoms with van der Waals surface area (Å²) < 4.78 is 1.11. The first-order valence-corrected chi connectivity index (χ1v) is 10.9. The summed E-state index contributed by atoms with van der Waals surface area (Å²) >= 11 is 1.45. The minimum Gasteiger partial charge on any atom is -0.326 e. The van der Waals surface area contributed by atoms with Crippen molar-refractivity contribution < 1.29 is 9.59 Å². The predicted octanol–water partition coefficient (Wildman–Crippen LogP) is 4.41. The summed E-state index contributed by atoms with van der Waals surface area (Å²) in [4.78, 5) is 43.7. The number of fused-ring (bicyclic) bond motifs is 1. The van der Waals surface area contributed by atoms with Crippen LogP contribution >= 0.6 is 11.3 Å². The summed E-state index contributed by atoms with van der Waals surface area (Å²) in [5, 5.41) is 3.26. The number of aromatic nitrogens is 2. The summed E-state index contributed by atoms with van der Waals surface area (Å²) in [5.74, 6) is -0.703. The lowest BCUT2D eigenvalue weighted by atomic mass is 10.0. The van der Waals surface area contributed by atoms with Crippen LogP contribution in [0.4, 0.5) is 5.69 Å². The maximum absolute atomic E-state index is 13.2. The molecule has 4 rings (SSSR count). The molecule has 4 aromatic rings. The Kier molecular flexibility index (Phi) is 5.87. The van der Waals surface area contributed by atoms with Gasteiger partial charge >= 0.3 is 0 Å². The van der Waals surface area contributed by atoms with E-state index in [2.05, 4.69) is 15.7 Å². The standard InChI is InChI=1S/C24H22N4O3S/c1-14(2)21(29)26-18-11-9-17(10-12-18)22(30)27-28-13-25-23-20(24(28)31)19(15(3)32-23)16-7-5-4-6-8-16/h4-14H,1-3H3,(H,26,29)(H,27,30). The molecular weight excluding hydrogens is 424 g/mol. The Morgan fingerprint density at radius 3 is 2.38 bits per heavy atom. The molecule has 0 aliphatic rings. The maximum Gasteiger partial charge on any atom is 0.281 e. The molecule has 2 heterocycles. The molecule has 2 aromatic carbocycles. The van der Waals surface area contributed by atoms with E-state index in [4.69, 9.17) is 0 Å². The Morgan fingerprint density at radius 2 is 1.72 bits per heavy atom. The van der Waals surface area contributed by atoms with Gasteiger partial charge in [0, 0.05) is 27.6 Å². The molecule has 2 N–H and O–H groups in total. The van der Waals surface area contributed by atoms with Gasteiger partial charge in [-0.15, -0.1) is 11.3 Å². The van der Waals surface area contributed by atoms with Crippen molar-refractivity contribution in [1.82, 2.24) is 9.66 Å². The molecule has 2 amide bonds. The second-order valence-corrected chi connectivity index (χ2v) is 8.86. The van der Waals surface area contributed by atoms with Crippen LogP contribution in [0.5, 0.6) is 0 Å². The Hall–Kier alpha value is -3.78. The fourth-order valence-corrected chi connectivity index (χ4v) is 4.30. The largest absolute Gasteiger partial charge is 0.326 e. The van der Waals surface area contributed by atoms with Crippen molar-refractivity contribution in [2.75, 3.05) is 10.7 Å². The van der Waals surface area contributed by atoms with Crippen LogP contribution in [0.15, 0.2) is 65.7 Å². The molecular formula is C24H22N4O3S. The smallest absolute Gasteiger partial charge is 0.281 e. The number of hydrogen-bond acceptors (Lipinski definition) is 5. The SMILES string of the molecule is Cc1sc2ncn(NC(=O)c3ccc(NC(=O)C(C)C)cc3)c(=O)c2c1-c1ccccc1. The summed E-state index contributed by atoms with van der Waals surface area (Å²) in [6.07, 6.45) is 1.32. The van der Waals surface area contributed by atoms with E-state index in [1.165, 1.54) is 17.7 Å². The van der Waals surface area contributed by atoms with Gasteiger partial charge in [0.05, 0.1) is 5.39 Å². The third kappa shape index (κ3) is 4.17. The third-order valence-corrected chi connectivity index (χ3v) is 6.03. The van der Waals surface area contributed by atoms with Crippen LogP contribution in [-0.2, 0) is 4.79 Å². The average molecular weight is 447 g/mol. The predicted molar refractivity (Wildman–Crippen MR) is 128 cm³/mol. The van der Waals surface area contributed by atoms with E-state index < -0.39 is 5.91 Å². The number of hydrogen-bond donors (Lipinski definition) is 2. The van der Waals surface area contributed by atoms with Crippen molar-refractivity contribution in [2.45, 2.75) is 20.8 Å². The van der Waals surface area contributed by atoms with Gasteiger partial charge in [-0.1, -0.05) is 44.2 Å². The van der Waals surface area contributed by atoms with Gasteiger partial charge < -0.3 is 5.32 Å². The van der Waals surface area contributed by atoms with E-state index in [0.717, 1.165) is 20.7 Å². The third-order valence-electron chi connectivity index (χ3n) is 5.01. The molecule has 0 aliphatic carbocycles. The van der Waals surface area contributed by atoms with E-state index in [1.807, 2.05) is 37.3 Å². The molecule has 162 valence electrons. The van der Waals surface area contributed by atoms with Crippen molar-refractivity contribution in [3.05, 3.63) is 81.7 Å². The number of nitrogens with one attached hydrogen (secondary N) is 2. The number of benzene rings is 2. The van der Waals surface area contributed by atoms with Crippen molar-refractivity contribution in [3.8, 4) is 11.1 Å². The van der Waals surface area contributed by atoms with Crippen LogP contribution in [0.1, 0.15) is 29.1 Å². The van der Waals surface area contributed by atoms with E-state index >= 15 is 0 Å². The van der Waals surface area contributed by atoms with E-state index in [0.29, 0.717) is 21.5 Å². The number of carbonyl (C=O) groups excluding carboxylic acids is 2. The number of amides is 2. The minimum atomic E-state index is -0.455. The van der Waals surface area contributed by atoms with Crippen LogP contribution in [0.25, 0.3) is 21.3 Å². The number of rotatable bonds is 5. The Labute approximate surface area is 188 Å². The molecule has 0 atom stereocenters. The van der Waals surface area contributed by atoms with E-state index in [9.17, 15) is 14.4 Å². The van der Waals surface area contributed by atoms with Gasteiger partial charge in [-0.3, -0.25) is 19.8 Å². The Balaban J connectivity index is 1.62. The molecule has 0 radical (unpaired) electrons. The quantitative estimate of drug-likeness (QED) is 0.475. The molecule has 8 heteroatoms. The highest BCUT2D eigenvalue weighted by atomic mass is 32.1. The summed E-state index contributed by atoms with van der Waals surface area (Å²) in [6.45, 7) is 5.56. The molecule has 0 bridgehead atoms. The highest BCUT2D eigenvalue weighted by Gasteiger charge is 2.18. The van der Waals surface area contributed by atoms with Crippen LogP contribution in [0.3, 0.4) is 0 Å². The summed E-state index contributed by atoms with van der Waals surface area (Å²) in [7, 11) is 0. The minimum absolute atomic E-state index is 0.103. The fourth-order valence-electron chi connectivity index (χ4n) is 3.30. The molecule has 7 nitrogen and oxygen atoms in total. The van der Waals surface area contributed by atoms with Gasteiger partial charge in [-0.05, 0) is 36.8 Å². The molecule has 0 fully saturated rings. The zero-order valence-corrected chi connectivity index (χ0v) is 18.7. The van der Waals surface area contributed by atoms with Gasteiger partial charge in [-0.2, -0.15) is 0 Å². The van der Waals surface area contributed by atoms with Crippen molar-refractivity contribution in [1.29, 1.82) is 0 Å². The molecule has 0 aliphatic heterocycles. The summed E-state index contributed by atoms with van der Waals surface area (Å²) in [5.41, 5.74) is 4.97. The topological polar surface area (TPSA) is 93.1 Å². The van der Waals surface area contributed by atoms with Gasteiger partial charge in [-0.25, -0.2) is 9.66 Å². The lowest BCUT2D eigenvalue weighted by Crippen LogP contribution is -2.33. The molecule has 0 spiro atoms. The van der Waals surface area contributed by atoms with Gasteiger partial charge in [0.2, 0.25) is 5.91 Å². The first-order valence-electron chi connectivity index (χ1n) is 10.1. The first kappa shape index (κ1) is 21.5. The van der Waals surface area contributed by atoms with Crippen molar-refractivity contribution >= 4 is 39.1 Å². The molecule has 2 aromatic heterocycles. The number of nitrogens with zero attached hydrogens (tertiary/aromatic N) is 2. The fraction of sp³-hybridized carbons (Fsp3) is 0.167. The zero-order chi connectivity index (χ0) is 22.8. The second-order valence-electron chi connectivity index (χ2n) is 7.66. The number of thiophene rings is 1. The van der Waals surface area contributed by atoms with Gasteiger partial charge in [0.25, 0.3) is 11.5 Å². The normalized spacial score (nSPS) is 11.0. The van der Waals surface area contributed by atoms with Gasteiger partial charge in [0.15, 0.2) is 0 Å². The van der Waals surface area contributed by atoms with E-state index in [1.54, 1.807) is 38.1 Å². The lowest BCUT2D eigenvalue weighted by molar-refractivity contribution is -0.118. The molecule has 0 saturated carbocycles. The lowest BCUT2D eigenvalue weighted by Gasteiger charge is -2.10. The van der Waals surface area contributed by atoms with E-state index in [-0.39, 0.29) is 17.4 Å². The highest BCUT2D eigenvalue weighted by Crippen LogP contribution is 2.35. The van der Waals surface area contributed by atoms with Crippen molar-refractivity contribution in [3.63, 3.8) is 0 Å². The van der Waals surface area contributed by atoms with Crippen LogP contribution in [-0.4, -0.2) is 21.5 Å². The Morgan fingerprint density at radius 1 is 1.03 bits per heavy atom. The monoisotopic (exact) mass is 446 g/mol. The summed E-state index contributed by atoms with van der Waals surface area (Å²) in [6, 6.07) is 16.1. The highest BCUT2D eigenvalue weighted by molar-refractivity contribution is 7.19. The second kappa shape index (κ2) is 8.76. The van der Waals surface area contributed by atoms with Crippen molar-refractivity contribution in [2.24, 2.45) is 5.92 Å². The molecule has 0 saturated heterocycles. The number of aryl methyl sites for hydroxylation is 1. The Bertz CT molecular complexity index is 1360. The van der Waals surface area contributed by atoms with Gasteiger partial charge in [0.1, 0.15) is 11.2 Å². The number of carbonyl (C=O) groups is 2. The molecule has 0 unspecified atom stereocenters. The first-order chi connectivity index (χ1) is 15.3. The number of anilines is 1.